The monoisotopic (exact) mass is 213 g/mol. The van der Waals surface area contributed by atoms with E-state index < -0.39 is 0 Å². The van der Waals surface area contributed by atoms with Crippen molar-refractivity contribution < 1.29 is 26.7 Å². The maximum absolute atomic E-state index is 9.26. The van der Waals surface area contributed by atoms with Crippen LogP contribution < -0.4 is 0 Å². The van der Waals surface area contributed by atoms with Gasteiger partial charge in [0.1, 0.15) is 0 Å². The summed E-state index contributed by atoms with van der Waals surface area (Å²) in [7, 11) is 0. The molecule has 0 heterocycles. The molecule has 0 saturated heterocycles. The van der Waals surface area contributed by atoms with E-state index in [0.717, 1.165) is 0 Å². The molecular formula is C4H6CuO2S2. The summed E-state index contributed by atoms with van der Waals surface area (Å²) in [5, 5.41) is -0.500. The van der Waals surface area contributed by atoms with Gasteiger partial charge in [0.2, 0.25) is 0 Å². The first-order valence-corrected chi connectivity index (χ1v) is 2.63. The van der Waals surface area contributed by atoms with Crippen molar-refractivity contribution in [3.63, 3.8) is 0 Å². The normalized spacial score (nSPS) is 5.56. The summed E-state index contributed by atoms with van der Waals surface area (Å²) < 4.78 is 0. The van der Waals surface area contributed by atoms with Crippen LogP contribution in [0.4, 0.5) is 0 Å². The molecule has 57 valence electrons. The maximum atomic E-state index is 9.26. The minimum absolute atomic E-state index is 0. The third-order valence-corrected chi connectivity index (χ3v) is 0. The Kier molecular flexibility index (Phi) is 20.0. The van der Waals surface area contributed by atoms with Crippen molar-refractivity contribution in [2.45, 2.75) is 13.8 Å². The second-order valence-electron chi connectivity index (χ2n) is 0.983. The van der Waals surface area contributed by atoms with E-state index in [-0.39, 0.29) is 27.3 Å². The quantitative estimate of drug-likeness (QED) is 0.424. The molecule has 0 unspecified atom stereocenters. The van der Waals surface area contributed by atoms with Crippen LogP contribution in [-0.2, 0) is 51.9 Å². The average Bonchev–Trinajstić information content (AvgIpc) is 1.25. The third kappa shape index (κ3) is 3670. The number of hydrogen-bond acceptors (Lipinski definition) is 4. The Balaban J connectivity index is -0.0000000720. The van der Waals surface area contributed by atoms with Crippen molar-refractivity contribution in [2.24, 2.45) is 0 Å². The summed E-state index contributed by atoms with van der Waals surface area (Å²) >= 11 is 7.96. The molecule has 0 aliphatic heterocycles. The maximum Gasteiger partial charge on any atom is 2.00 e. The molecule has 0 amide bonds. The predicted octanol–water partition coefficient (Wildman–Crippen LogP) is 0.157. The minimum atomic E-state index is -0.250. The summed E-state index contributed by atoms with van der Waals surface area (Å²) in [4.78, 5) is 18.5. The molecule has 0 atom stereocenters. The van der Waals surface area contributed by atoms with Crippen molar-refractivity contribution in [2.75, 3.05) is 0 Å². The van der Waals surface area contributed by atoms with Crippen LogP contribution in [0.15, 0.2) is 0 Å². The van der Waals surface area contributed by atoms with Crippen LogP contribution in [-0.4, -0.2) is 10.2 Å². The summed E-state index contributed by atoms with van der Waals surface area (Å²) in [6.07, 6.45) is 0. The van der Waals surface area contributed by atoms with Crippen LogP contribution in [0, 0.1) is 0 Å². The summed E-state index contributed by atoms with van der Waals surface area (Å²) in [6, 6.07) is 0. The van der Waals surface area contributed by atoms with Gasteiger partial charge in [-0.1, -0.05) is 0 Å². The van der Waals surface area contributed by atoms with Crippen LogP contribution >= 0.6 is 0 Å². The first kappa shape index (κ1) is 16.1. The van der Waals surface area contributed by atoms with E-state index >= 15 is 0 Å². The van der Waals surface area contributed by atoms with Crippen molar-refractivity contribution in [3.8, 4) is 0 Å². The fourth-order valence-electron chi connectivity index (χ4n) is 0. The molecular weight excluding hydrogens is 208 g/mol. The van der Waals surface area contributed by atoms with Crippen LogP contribution in [0.2, 0.25) is 0 Å². The van der Waals surface area contributed by atoms with Gasteiger partial charge in [0.15, 0.2) is 0 Å². The molecule has 5 heteroatoms. The molecule has 2 nitrogen and oxygen atoms in total. The van der Waals surface area contributed by atoms with E-state index in [2.05, 4.69) is 25.3 Å². The van der Waals surface area contributed by atoms with Gasteiger partial charge in [-0.05, 0) is 13.8 Å². The fourth-order valence-corrected chi connectivity index (χ4v) is 0. The summed E-state index contributed by atoms with van der Waals surface area (Å²) in [6.45, 7) is 2.69. The zero-order valence-corrected chi connectivity index (χ0v) is 7.51. The predicted molar refractivity (Wildman–Crippen MR) is 36.1 cm³/mol. The molecule has 0 aromatic carbocycles. The van der Waals surface area contributed by atoms with Crippen LogP contribution in [0.1, 0.15) is 13.8 Å². The van der Waals surface area contributed by atoms with E-state index in [0.29, 0.717) is 0 Å². The SMILES string of the molecule is CC(=O)[S-].CC(=O)[S-].[Cu+2]. The van der Waals surface area contributed by atoms with Gasteiger partial charge in [-0.15, -0.1) is 0 Å². The molecule has 1 radical (unpaired) electrons. The molecule has 0 aliphatic carbocycles. The fraction of sp³-hybridized carbons (Fsp3) is 0.500. The van der Waals surface area contributed by atoms with E-state index in [9.17, 15) is 9.59 Å². The zero-order valence-electron chi connectivity index (χ0n) is 4.93. The molecule has 0 bridgehead atoms. The van der Waals surface area contributed by atoms with Crippen molar-refractivity contribution in [1.82, 2.24) is 0 Å². The van der Waals surface area contributed by atoms with Gasteiger partial charge in [0.25, 0.3) is 0 Å². The van der Waals surface area contributed by atoms with Crippen LogP contribution in [0.5, 0.6) is 0 Å². The third-order valence-electron chi connectivity index (χ3n) is 0. The van der Waals surface area contributed by atoms with Gasteiger partial charge in [-0.3, -0.25) is 0 Å². The first-order valence-electron chi connectivity index (χ1n) is 1.82. The summed E-state index contributed by atoms with van der Waals surface area (Å²) in [5.41, 5.74) is 0. The Labute approximate surface area is 76.1 Å². The first-order chi connectivity index (χ1) is 3.46. The van der Waals surface area contributed by atoms with Gasteiger partial charge >= 0.3 is 17.1 Å². The minimum Gasteiger partial charge on any atom is -0.742 e. The Morgan fingerprint density at radius 1 is 1.00 bits per heavy atom. The molecule has 0 aliphatic rings. The Morgan fingerprint density at radius 3 is 1.00 bits per heavy atom. The zero-order chi connectivity index (χ0) is 7.15. The second kappa shape index (κ2) is 11.1. The Bertz CT molecular complexity index is 74.6. The van der Waals surface area contributed by atoms with Crippen molar-refractivity contribution in [3.05, 3.63) is 0 Å². The Hall–Kier alpha value is 0.299. The van der Waals surface area contributed by atoms with Crippen LogP contribution in [0.3, 0.4) is 0 Å². The van der Waals surface area contributed by atoms with Gasteiger partial charge in [-0.25, -0.2) is 0 Å². The van der Waals surface area contributed by atoms with Gasteiger partial charge in [0.05, 0.1) is 0 Å². The van der Waals surface area contributed by atoms with Gasteiger partial charge in [-0.2, -0.15) is 0 Å². The smallest absolute Gasteiger partial charge is 0.742 e. The second-order valence-corrected chi connectivity index (χ2v) is 2.13. The van der Waals surface area contributed by atoms with Crippen molar-refractivity contribution >= 4 is 35.5 Å². The number of hydrogen-bond donors (Lipinski definition) is 0. The van der Waals surface area contributed by atoms with Gasteiger partial charge < -0.3 is 34.8 Å². The number of rotatable bonds is 0. The summed E-state index contributed by atoms with van der Waals surface area (Å²) in [5.74, 6) is 0. The van der Waals surface area contributed by atoms with E-state index in [4.69, 9.17) is 0 Å². The molecule has 0 N–H and O–H groups in total. The van der Waals surface area contributed by atoms with Crippen molar-refractivity contribution in [1.29, 1.82) is 0 Å². The van der Waals surface area contributed by atoms with E-state index in [1.165, 1.54) is 13.8 Å². The standard InChI is InChI=1S/2C2H4OS.Cu/c2*1-2(3)4;/h2*1H3,(H,3,4);/q;;+2/p-2. The van der Waals surface area contributed by atoms with E-state index in [1.54, 1.807) is 0 Å². The topological polar surface area (TPSA) is 34.1 Å². The number of carbonyl (C=O) groups excluding carboxylic acids is 2. The molecule has 0 rings (SSSR count). The van der Waals surface area contributed by atoms with Gasteiger partial charge in [0, 0.05) is 10.2 Å². The number of carbonyl (C=O) groups is 2. The molecule has 9 heavy (non-hydrogen) atoms. The molecule has 0 aromatic rings. The van der Waals surface area contributed by atoms with E-state index in [1.807, 2.05) is 0 Å². The largest absolute Gasteiger partial charge is 2.00 e. The molecule has 0 fully saturated rings. The molecule has 0 aromatic heterocycles. The van der Waals surface area contributed by atoms with Crippen LogP contribution in [0.25, 0.3) is 0 Å². The molecule has 0 saturated carbocycles. The Morgan fingerprint density at radius 2 is 1.00 bits per heavy atom. The molecule has 0 spiro atoms. The average molecular weight is 214 g/mol.